The molecule has 98 valence electrons. The van der Waals surface area contributed by atoms with Crippen molar-refractivity contribution in [2.75, 3.05) is 7.11 Å². The molecule has 2 aromatic carbocycles. The van der Waals surface area contributed by atoms with Crippen LogP contribution in [0, 0.1) is 5.82 Å². The predicted octanol–water partition coefficient (Wildman–Crippen LogP) is 4.53. The minimum atomic E-state index is -0.568. The Kier molecular flexibility index (Phi) is 4.61. The highest BCUT2D eigenvalue weighted by molar-refractivity contribution is 9.10. The van der Waals surface area contributed by atoms with Gasteiger partial charge in [-0.05, 0) is 40.2 Å². The maximum atomic E-state index is 14.0. The first-order valence-electron chi connectivity index (χ1n) is 5.42. The quantitative estimate of drug-likeness (QED) is 0.768. The molecule has 2 rings (SSSR count). The zero-order valence-corrected chi connectivity index (χ0v) is 12.4. The number of benzene rings is 2. The largest absolute Gasteiger partial charge is 0.465 e. The summed E-state index contributed by atoms with van der Waals surface area (Å²) in [7, 11) is 1.26. The molecule has 0 aliphatic heterocycles. The van der Waals surface area contributed by atoms with E-state index in [1.165, 1.54) is 24.9 Å². The number of ether oxygens (including phenoxy) is 1. The zero-order chi connectivity index (χ0) is 13.8. The van der Waals surface area contributed by atoms with Gasteiger partial charge in [0.05, 0.1) is 12.7 Å². The molecule has 2 aromatic rings. The minimum Gasteiger partial charge on any atom is -0.465 e. The molecule has 0 saturated heterocycles. The van der Waals surface area contributed by atoms with Gasteiger partial charge in [-0.2, -0.15) is 0 Å². The fourth-order valence-electron chi connectivity index (χ4n) is 1.49. The van der Waals surface area contributed by atoms with E-state index in [9.17, 15) is 9.18 Å². The van der Waals surface area contributed by atoms with E-state index >= 15 is 0 Å². The van der Waals surface area contributed by atoms with Crippen LogP contribution in [-0.4, -0.2) is 13.1 Å². The van der Waals surface area contributed by atoms with Crippen molar-refractivity contribution >= 4 is 33.7 Å². The van der Waals surface area contributed by atoms with Gasteiger partial charge in [0.25, 0.3) is 0 Å². The summed E-state index contributed by atoms with van der Waals surface area (Å²) in [6, 6.07) is 12.2. The molecule has 19 heavy (non-hydrogen) atoms. The first kappa shape index (κ1) is 14.1. The van der Waals surface area contributed by atoms with E-state index in [0.717, 1.165) is 4.90 Å². The number of carbonyl (C=O) groups is 1. The Labute approximate surface area is 123 Å². The lowest BCUT2D eigenvalue weighted by Crippen LogP contribution is -2.03. The van der Waals surface area contributed by atoms with Gasteiger partial charge in [-0.1, -0.05) is 30.0 Å². The van der Waals surface area contributed by atoms with Crippen LogP contribution < -0.4 is 0 Å². The van der Waals surface area contributed by atoms with Crippen LogP contribution in [0.1, 0.15) is 10.4 Å². The van der Waals surface area contributed by atoms with E-state index in [4.69, 9.17) is 0 Å². The number of esters is 1. The third-order valence-corrected chi connectivity index (χ3v) is 4.09. The molecule has 0 saturated carbocycles. The van der Waals surface area contributed by atoms with E-state index in [0.29, 0.717) is 9.37 Å². The van der Waals surface area contributed by atoms with Crippen LogP contribution in [0.25, 0.3) is 0 Å². The first-order valence-corrected chi connectivity index (χ1v) is 7.03. The Morgan fingerprint density at radius 1 is 1.26 bits per heavy atom. The topological polar surface area (TPSA) is 26.3 Å². The average Bonchev–Trinajstić information content (AvgIpc) is 2.43. The highest BCUT2D eigenvalue weighted by Gasteiger charge is 2.15. The summed E-state index contributed by atoms with van der Waals surface area (Å²) in [5.74, 6) is -1.01. The predicted molar refractivity (Wildman–Crippen MR) is 76.0 cm³/mol. The van der Waals surface area contributed by atoms with E-state index in [2.05, 4.69) is 20.7 Å². The van der Waals surface area contributed by atoms with Crippen LogP contribution in [-0.2, 0) is 4.74 Å². The van der Waals surface area contributed by atoms with Crippen LogP contribution >= 0.6 is 27.7 Å². The molecule has 0 N–H and O–H groups in total. The Hall–Kier alpha value is -1.33. The fraction of sp³-hybridized carbons (Fsp3) is 0.0714. The lowest BCUT2D eigenvalue weighted by atomic mass is 10.2. The number of rotatable bonds is 3. The van der Waals surface area contributed by atoms with Crippen LogP contribution in [0.15, 0.2) is 56.7 Å². The van der Waals surface area contributed by atoms with Crippen molar-refractivity contribution in [1.29, 1.82) is 0 Å². The third-order valence-electron chi connectivity index (χ3n) is 2.40. The Balaban J connectivity index is 2.33. The van der Waals surface area contributed by atoms with Gasteiger partial charge in [-0.3, -0.25) is 0 Å². The smallest absolute Gasteiger partial charge is 0.339 e. The normalized spacial score (nSPS) is 10.3. The van der Waals surface area contributed by atoms with Crippen LogP contribution in [0.3, 0.4) is 0 Å². The molecule has 0 heterocycles. The summed E-state index contributed by atoms with van der Waals surface area (Å²) in [6.45, 7) is 0. The molecule has 0 fully saturated rings. The number of hydrogen-bond acceptors (Lipinski definition) is 3. The highest BCUT2D eigenvalue weighted by atomic mass is 79.9. The van der Waals surface area contributed by atoms with Gasteiger partial charge in [-0.15, -0.1) is 0 Å². The molecule has 0 bridgehead atoms. The second-order valence-corrected chi connectivity index (χ2v) is 5.64. The van der Waals surface area contributed by atoms with E-state index < -0.39 is 11.8 Å². The second-order valence-electron chi connectivity index (χ2n) is 3.67. The lowest BCUT2D eigenvalue weighted by Gasteiger charge is -2.07. The van der Waals surface area contributed by atoms with Crippen molar-refractivity contribution < 1.29 is 13.9 Å². The Morgan fingerprint density at radius 3 is 2.58 bits per heavy atom. The molecule has 0 amide bonds. The fourth-order valence-corrected chi connectivity index (χ4v) is 3.03. The first-order chi connectivity index (χ1) is 9.11. The van der Waals surface area contributed by atoms with Crippen molar-refractivity contribution in [3.63, 3.8) is 0 Å². The molecule has 5 heteroatoms. The summed E-state index contributed by atoms with van der Waals surface area (Å²) in [5.41, 5.74) is 0.178. The maximum absolute atomic E-state index is 14.0. The number of carbonyl (C=O) groups excluding carboxylic acids is 1. The zero-order valence-electron chi connectivity index (χ0n) is 10.0. The van der Waals surface area contributed by atoms with Gasteiger partial charge < -0.3 is 4.74 Å². The molecule has 0 radical (unpaired) electrons. The molecule has 0 aliphatic carbocycles. The average molecular weight is 341 g/mol. The summed E-state index contributed by atoms with van der Waals surface area (Å²) >= 11 is 4.55. The lowest BCUT2D eigenvalue weighted by molar-refractivity contribution is 0.0599. The summed E-state index contributed by atoms with van der Waals surface area (Å²) < 4.78 is 19.1. The van der Waals surface area contributed by atoms with E-state index in [-0.39, 0.29) is 5.56 Å². The highest BCUT2D eigenvalue weighted by Crippen LogP contribution is 2.33. The van der Waals surface area contributed by atoms with Gasteiger partial charge in [0.1, 0.15) is 5.82 Å². The molecule has 2 nitrogen and oxygen atoms in total. The van der Waals surface area contributed by atoms with E-state index in [1.54, 1.807) is 6.07 Å². The van der Waals surface area contributed by atoms with Crippen LogP contribution in [0.5, 0.6) is 0 Å². The molecule has 0 atom stereocenters. The molecular formula is C14H10BrFO2S. The van der Waals surface area contributed by atoms with Crippen molar-refractivity contribution in [3.05, 3.63) is 58.3 Å². The van der Waals surface area contributed by atoms with Crippen molar-refractivity contribution in [2.24, 2.45) is 0 Å². The molecule has 0 aromatic heterocycles. The van der Waals surface area contributed by atoms with E-state index in [1.807, 2.05) is 30.3 Å². The van der Waals surface area contributed by atoms with Gasteiger partial charge in [0, 0.05) is 14.3 Å². The monoisotopic (exact) mass is 340 g/mol. The standard InChI is InChI=1S/C14H10BrFO2S/c1-18-14(17)10-7-12(16)13(8-11(10)15)19-9-5-3-2-4-6-9/h2-8H,1H3. The number of hydrogen-bond donors (Lipinski definition) is 0. The summed E-state index contributed by atoms with van der Waals surface area (Å²) in [5, 5.41) is 0. The van der Waals surface area contributed by atoms with Crippen molar-refractivity contribution in [1.82, 2.24) is 0 Å². The van der Waals surface area contributed by atoms with Crippen molar-refractivity contribution in [2.45, 2.75) is 9.79 Å². The van der Waals surface area contributed by atoms with Crippen LogP contribution in [0.4, 0.5) is 4.39 Å². The molecular weight excluding hydrogens is 331 g/mol. The third kappa shape index (κ3) is 3.36. The van der Waals surface area contributed by atoms with Gasteiger partial charge in [0.2, 0.25) is 0 Å². The van der Waals surface area contributed by atoms with Crippen molar-refractivity contribution in [3.8, 4) is 0 Å². The minimum absolute atomic E-state index is 0.178. The molecule has 0 unspecified atom stereocenters. The maximum Gasteiger partial charge on any atom is 0.339 e. The summed E-state index contributed by atoms with van der Waals surface area (Å²) in [4.78, 5) is 12.8. The number of halogens is 2. The Bertz CT molecular complexity index is 602. The van der Waals surface area contributed by atoms with Gasteiger partial charge in [-0.25, -0.2) is 9.18 Å². The Morgan fingerprint density at radius 2 is 1.95 bits per heavy atom. The van der Waals surface area contributed by atoms with Crippen LogP contribution in [0.2, 0.25) is 0 Å². The number of methoxy groups -OCH3 is 1. The second kappa shape index (κ2) is 6.21. The summed E-state index contributed by atoms with van der Waals surface area (Å²) in [6.07, 6.45) is 0. The van der Waals surface area contributed by atoms with Gasteiger partial charge >= 0.3 is 5.97 Å². The molecule has 0 aliphatic rings. The SMILES string of the molecule is COC(=O)c1cc(F)c(Sc2ccccc2)cc1Br. The van der Waals surface area contributed by atoms with Gasteiger partial charge in [0.15, 0.2) is 0 Å². The molecule has 0 spiro atoms.